The average molecular weight is 281 g/mol. The molecule has 2 N–H and O–H groups in total. The summed E-state index contributed by atoms with van der Waals surface area (Å²) in [6, 6.07) is 3.08. The number of halogens is 4. The Bertz CT molecular complexity index is 435. The summed E-state index contributed by atoms with van der Waals surface area (Å²) < 4.78 is 37.1. The lowest BCUT2D eigenvalue weighted by Gasteiger charge is -2.11. The van der Waals surface area contributed by atoms with E-state index in [2.05, 4.69) is 10.6 Å². The number of amides is 1. The highest BCUT2D eigenvalue weighted by molar-refractivity contribution is 6.33. The number of hydrogen-bond donors (Lipinski definition) is 2. The molecule has 7 heteroatoms. The SMILES string of the molecule is CC(=O)NCCNc1ccc(C(F)(F)F)cc1Cl. The topological polar surface area (TPSA) is 41.1 Å². The molecule has 0 saturated carbocycles. The summed E-state index contributed by atoms with van der Waals surface area (Å²) in [7, 11) is 0. The van der Waals surface area contributed by atoms with Crippen molar-refractivity contribution in [2.45, 2.75) is 13.1 Å². The van der Waals surface area contributed by atoms with Gasteiger partial charge in [0.2, 0.25) is 5.91 Å². The fourth-order valence-electron chi connectivity index (χ4n) is 1.27. The van der Waals surface area contributed by atoms with Gasteiger partial charge in [-0.3, -0.25) is 4.79 Å². The van der Waals surface area contributed by atoms with Gasteiger partial charge < -0.3 is 10.6 Å². The van der Waals surface area contributed by atoms with Gasteiger partial charge in [0.15, 0.2) is 0 Å². The number of carbonyl (C=O) groups is 1. The van der Waals surface area contributed by atoms with Crippen LogP contribution in [0.4, 0.5) is 18.9 Å². The highest BCUT2D eigenvalue weighted by Gasteiger charge is 2.30. The van der Waals surface area contributed by atoms with Crippen LogP contribution in [0.25, 0.3) is 0 Å². The van der Waals surface area contributed by atoms with E-state index in [4.69, 9.17) is 11.6 Å². The number of benzene rings is 1. The first-order valence-electron chi connectivity index (χ1n) is 5.16. The highest BCUT2D eigenvalue weighted by Crippen LogP contribution is 2.33. The third-order valence-corrected chi connectivity index (χ3v) is 2.42. The molecule has 100 valence electrons. The second-order valence-corrected chi connectivity index (χ2v) is 4.01. The van der Waals surface area contributed by atoms with E-state index in [-0.39, 0.29) is 10.9 Å². The van der Waals surface area contributed by atoms with E-state index in [1.54, 1.807) is 0 Å². The van der Waals surface area contributed by atoms with Crippen LogP contribution < -0.4 is 10.6 Å². The Morgan fingerprint density at radius 2 is 2.00 bits per heavy atom. The third-order valence-electron chi connectivity index (χ3n) is 2.11. The van der Waals surface area contributed by atoms with Gasteiger partial charge in [0.1, 0.15) is 0 Å². The van der Waals surface area contributed by atoms with Crippen molar-refractivity contribution in [1.29, 1.82) is 0 Å². The molecule has 1 aromatic rings. The summed E-state index contributed by atoms with van der Waals surface area (Å²) >= 11 is 5.73. The molecule has 0 saturated heterocycles. The largest absolute Gasteiger partial charge is 0.416 e. The van der Waals surface area contributed by atoms with E-state index >= 15 is 0 Å². The Kier molecular flexibility index (Phi) is 4.84. The second kappa shape index (κ2) is 5.95. The lowest BCUT2D eigenvalue weighted by molar-refractivity contribution is -0.137. The molecule has 0 fully saturated rings. The molecule has 0 heterocycles. The third kappa shape index (κ3) is 4.44. The van der Waals surface area contributed by atoms with Gasteiger partial charge in [-0.05, 0) is 18.2 Å². The van der Waals surface area contributed by atoms with Gasteiger partial charge in [0.05, 0.1) is 16.3 Å². The molecule has 0 radical (unpaired) electrons. The van der Waals surface area contributed by atoms with Crippen LogP contribution in [-0.2, 0) is 11.0 Å². The zero-order valence-corrected chi connectivity index (χ0v) is 10.3. The van der Waals surface area contributed by atoms with Crippen molar-refractivity contribution >= 4 is 23.2 Å². The average Bonchev–Trinajstić information content (AvgIpc) is 2.24. The Morgan fingerprint density at radius 3 is 2.50 bits per heavy atom. The molecule has 0 spiro atoms. The van der Waals surface area contributed by atoms with E-state index in [1.165, 1.54) is 13.0 Å². The molecule has 3 nitrogen and oxygen atoms in total. The zero-order valence-electron chi connectivity index (χ0n) is 9.57. The van der Waals surface area contributed by atoms with Gasteiger partial charge in [0, 0.05) is 20.0 Å². The Hall–Kier alpha value is -1.43. The monoisotopic (exact) mass is 280 g/mol. The van der Waals surface area contributed by atoms with Crippen molar-refractivity contribution in [2.75, 3.05) is 18.4 Å². The fourth-order valence-corrected chi connectivity index (χ4v) is 1.52. The zero-order chi connectivity index (χ0) is 13.8. The van der Waals surface area contributed by atoms with Crippen LogP contribution in [0.1, 0.15) is 12.5 Å². The van der Waals surface area contributed by atoms with Crippen LogP contribution in [-0.4, -0.2) is 19.0 Å². The number of rotatable bonds is 4. The van der Waals surface area contributed by atoms with Gasteiger partial charge in [-0.1, -0.05) is 11.6 Å². The summed E-state index contributed by atoms with van der Waals surface area (Å²) in [5.74, 6) is -0.171. The Balaban J connectivity index is 2.60. The van der Waals surface area contributed by atoms with E-state index in [9.17, 15) is 18.0 Å². The molecule has 0 aliphatic rings. The molecule has 0 bridgehead atoms. The number of anilines is 1. The summed E-state index contributed by atoms with van der Waals surface area (Å²) in [5.41, 5.74) is -0.394. The quantitative estimate of drug-likeness (QED) is 0.833. The van der Waals surface area contributed by atoms with Gasteiger partial charge in [-0.25, -0.2) is 0 Å². The van der Waals surface area contributed by atoms with Gasteiger partial charge in [-0.2, -0.15) is 13.2 Å². The van der Waals surface area contributed by atoms with Crippen molar-refractivity contribution in [3.63, 3.8) is 0 Å². The number of hydrogen-bond acceptors (Lipinski definition) is 2. The van der Waals surface area contributed by atoms with Crippen LogP contribution in [0.2, 0.25) is 5.02 Å². The highest BCUT2D eigenvalue weighted by atomic mass is 35.5. The Morgan fingerprint density at radius 1 is 1.33 bits per heavy atom. The number of carbonyl (C=O) groups excluding carboxylic acids is 1. The normalized spacial score (nSPS) is 11.2. The molecule has 0 aliphatic carbocycles. The molecule has 0 aliphatic heterocycles. The molecular formula is C11H12ClF3N2O. The lowest BCUT2D eigenvalue weighted by atomic mass is 10.2. The van der Waals surface area contributed by atoms with E-state index in [0.29, 0.717) is 18.8 Å². The van der Waals surface area contributed by atoms with Crippen molar-refractivity contribution in [3.05, 3.63) is 28.8 Å². The molecule has 0 aromatic heterocycles. The smallest absolute Gasteiger partial charge is 0.382 e. The predicted molar refractivity (Wildman–Crippen MR) is 63.6 cm³/mol. The van der Waals surface area contributed by atoms with Gasteiger partial charge in [-0.15, -0.1) is 0 Å². The fraction of sp³-hybridized carbons (Fsp3) is 0.364. The van der Waals surface area contributed by atoms with E-state index in [0.717, 1.165) is 12.1 Å². The van der Waals surface area contributed by atoms with Crippen LogP contribution in [0.5, 0.6) is 0 Å². The van der Waals surface area contributed by atoms with Crippen molar-refractivity contribution < 1.29 is 18.0 Å². The summed E-state index contributed by atoms with van der Waals surface area (Å²) in [4.78, 5) is 10.6. The molecule has 1 amide bonds. The summed E-state index contributed by atoms with van der Waals surface area (Å²) in [6.45, 7) is 2.13. The standard InChI is InChI=1S/C11H12ClF3N2O/c1-7(18)16-4-5-17-10-3-2-8(6-9(10)12)11(13,14)15/h2-3,6,17H,4-5H2,1H3,(H,16,18). The minimum absolute atomic E-state index is 0.00681. The number of alkyl halides is 3. The van der Waals surface area contributed by atoms with Crippen molar-refractivity contribution in [3.8, 4) is 0 Å². The molecule has 0 atom stereocenters. The molecule has 1 aromatic carbocycles. The number of nitrogens with one attached hydrogen (secondary N) is 2. The Labute approximate surface area is 107 Å². The first-order valence-corrected chi connectivity index (χ1v) is 5.53. The maximum absolute atomic E-state index is 12.4. The van der Waals surface area contributed by atoms with Crippen LogP contribution in [0.3, 0.4) is 0 Å². The maximum Gasteiger partial charge on any atom is 0.416 e. The van der Waals surface area contributed by atoms with Gasteiger partial charge >= 0.3 is 6.18 Å². The van der Waals surface area contributed by atoms with E-state index < -0.39 is 11.7 Å². The lowest BCUT2D eigenvalue weighted by Crippen LogP contribution is -2.26. The summed E-state index contributed by atoms with van der Waals surface area (Å²) in [5, 5.41) is 5.37. The maximum atomic E-state index is 12.4. The minimum atomic E-state index is -4.40. The predicted octanol–water partition coefficient (Wildman–Crippen LogP) is 2.91. The molecular weight excluding hydrogens is 269 g/mol. The van der Waals surface area contributed by atoms with Crippen molar-refractivity contribution in [2.24, 2.45) is 0 Å². The van der Waals surface area contributed by atoms with Crippen LogP contribution in [0.15, 0.2) is 18.2 Å². The molecule has 18 heavy (non-hydrogen) atoms. The minimum Gasteiger partial charge on any atom is -0.382 e. The first kappa shape index (κ1) is 14.6. The first-order chi connectivity index (χ1) is 8.30. The second-order valence-electron chi connectivity index (χ2n) is 3.60. The van der Waals surface area contributed by atoms with Gasteiger partial charge in [0.25, 0.3) is 0 Å². The van der Waals surface area contributed by atoms with E-state index in [1.807, 2.05) is 0 Å². The van der Waals surface area contributed by atoms with Crippen LogP contribution >= 0.6 is 11.6 Å². The molecule has 0 unspecified atom stereocenters. The van der Waals surface area contributed by atoms with Crippen molar-refractivity contribution in [1.82, 2.24) is 5.32 Å². The van der Waals surface area contributed by atoms with Crippen LogP contribution in [0, 0.1) is 0 Å². The molecule has 1 rings (SSSR count). The summed E-state index contributed by atoms with van der Waals surface area (Å²) in [6.07, 6.45) is -4.40.